The minimum absolute atomic E-state index is 0.448. The highest BCUT2D eigenvalue weighted by atomic mass is 16.5. The van der Waals surface area contributed by atoms with E-state index in [-0.39, 0.29) is 0 Å². The Balaban J connectivity index is 2.21. The van der Waals surface area contributed by atoms with Crippen LogP contribution in [0.5, 0.6) is 5.75 Å². The fourth-order valence-electron chi connectivity index (χ4n) is 3.24. The quantitative estimate of drug-likeness (QED) is 0.867. The summed E-state index contributed by atoms with van der Waals surface area (Å²) in [6.07, 6.45) is 3.54. The van der Waals surface area contributed by atoms with E-state index >= 15 is 0 Å². The molecule has 0 saturated carbocycles. The molecule has 0 amide bonds. The summed E-state index contributed by atoms with van der Waals surface area (Å²) in [6.45, 7) is 8.18. The number of nitrogens with zero attached hydrogens (tertiary/aromatic N) is 1. The maximum atomic E-state index is 6.01. The molecular formula is C17H28N2O. The van der Waals surface area contributed by atoms with Crippen LogP contribution in [0.25, 0.3) is 0 Å². The first-order valence-corrected chi connectivity index (χ1v) is 7.97. The lowest BCUT2D eigenvalue weighted by Gasteiger charge is -2.41. The van der Waals surface area contributed by atoms with Gasteiger partial charge in [0.05, 0.1) is 6.61 Å². The van der Waals surface area contributed by atoms with Gasteiger partial charge in [0.2, 0.25) is 0 Å². The van der Waals surface area contributed by atoms with Crippen LogP contribution >= 0.6 is 0 Å². The molecule has 2 atom stereocenters. The van der Waals surface area contributed by atoms with Crippen molar-refractivity contribution in [1.82, 2.24) is 4.90 Å². The number of likely N-dealkylation sites (tertiary alicyclic amines) is 1. The van der Waals surface area contributed by atoms with Crippen molar-refractivity contribution in [1.29, 1.82) is 0 Å². The number of hydrogen-bond donors (Lipinski definition) is 1. The van der Waals surface area contributed by atoms with Gasteiger partial charge in [-0.05, 0) is 62.5 Å². The summed E-state index contributed by atoms with van der Waals surface area (Å²) in [5.41, 5.74) is 7.37. The van der Waals surface area contributed by atoms with Crippen LogP contribution in [0, 0.1) is 5.92 Å². The Kier molecular flexibility index (Phi) is 5.86. The molecule has 1 aliphatic rings. The maximum Gasteiger partial charge on any atom is 0.119 e. The van der Waals surface area contributed by atoms with E-state index in [0.29, 0.717) is 12.0 Å². The van der Waals surface area contributed by atoms with Crippen LogP contribution < -0.4 is 10.5 Å². The molecule has 1 aromatic rings. The lowest BCUT2D eigenvalue weighted by molar-refractivity contribution is 0.102. The molecule has 0 spiro atoms. The van der Waals surface area contributed by atoms with E-state index in [1.54, 1.807) is 0 Å². The average Bonchev–Trinajstić information content (AvgIpc) is 2.52. The average molecular weight is 276 g/mol. The first-order valence-electron chi connectivity index (χ1n) is 7.97. The number of hydrogen-bond acceptors (Lipinski definition) is 3. The summed E-state index contributed by atoms with van der Waals surface area (Å²) >= 11 is 0. The minimum atomic E-state index is 0.448. The number of ether oxygens (including phenoxy) is 1. The third-order valence-corrected chi connectivity index (χ3v) is 4.24. The number of piperidine rings is 1. The molecule has 3 heteroatoms. The second-order valence-corrected chi connectivity index (χ2v) is 5.63. The zero-order valence-corrected chi connectivity index (χ0v) is 12.8. The van der Waals surface area contributed by atoms with E-state index in [2.05, 4.69) is 43.0 Å². The largest absolute Gasteiger partial charge is 0.494 e. The molecule has 1 aliphatic heterocycles. The van der Waals surface area contributed by atoms with Crippen molar-refractivity contribution in [2.75, 3.05) is 26.2 Å². The van der Waals surface area contributed by atoms with Gasteiger partial charge in [-0.15, -0.1) is 0 Å². The van der Waals surface area contributed by atoms with Gasteiger partial charge in [-0.3, -0.25) is 4.90 Å². The Bertz CT molecular complexity index is 396. The van der Waals surface area contributed by atoms with Crippen LogP contribution in [0.15, 0.2) is 24.3 Å². The van der Waals surface area contributed by atoms with Crippen LogP contribution in [-0.2, 0) is 0 Å². The molecule has 1 heterocycles. The Morgan fingerprint density at radius 3 is 2.90 bits per heavy atom. The highest BCUT2D eigenvalue weighted by Gasteiger charge is 2.30. The Morgan fingerprint density at radius 2 is 2.20 bits per heavy atom. The van der Waals surface area contributed by atoms with Crippen molar-refractivity contribution in [3.63, 3.8) is 0 Å². The van der Waals surface area contributed by atoms with E-state index in [1.807, 2.05) is 0 Å². The maximum absolute atomic E-state index is 6.01. The molecule has 2 unspecified atom stereocenters. The molecule has 20 heavy (non-hydrogen) atoms. The van der Waals surface area contributed by atoms with Gasteiger partial charge in [0.1, 0.15) is 5.75 Å². The van der Waals surface area contributed by atoms with Gasteiger partial charge in [-0.25, -0.2) is 0 Å². The summed E-state index contributed by atoms with van der Waals surface area (Å²) in [7, 11) is 0. The van der Waals surface area contributed by atoms with Crippen molar-refractivity contribution >= 4 is 0 Å². The fourth-order valence-corrected chi connectivity index (χ4v) is 3.24. The van der Waals surface area contributed by atoms with E-state index in [1.165, 1.54) is 24.9 Å². The molecule has 3 nitrogen and oxygen atoms in total. The van der Waals surface area contributed by atoms with Crippen molar-refractivity contribution in [3.05, 3.63) is 29.8 Å². The van der Waals surface area contributed by atoms with Crippen LogP contribution in [0.3, 0.4) is 0 Å². The summed E-state index contributed by atoms with van der Waals surface area (Å²) in [5.74, 6) is 1.55. The van der Waals surface area contributed by atoms with Gasteiger partial charge in [-0.2, -0.15) is 0 Å². The molecule has 112 valence electrons. The van der Waals surface area contributed by atoms with Gasteiger partial charge in [-0.1, -0.05) is 26.0 Å². The predicted molar refractivity (Wildman–Crippen MR) is 84.0 cm³/mol. The summed E-state index contributed by atoms with van der Waals surface area (Å²) < 4.78 is 5.77. The number of benzene rings is 1. The zero-order chi connectivity index (χ0) is 14.4. The topological polar surface area (TPSA) is 38.5 Å². The van der Waals surface area contributed by atoms with Crippen LogP contribution in [-0.4, -0.2) is 31.1 Å². The van der Waals surface area contributed by atoms with E-state index in [4.69, 9.17) is 10.5 Å². The smallest absolute Gasteiger partial charge is 0.119 e. The van der Waals surface area contributed by atoms with Crippen molar-refractivity contribution < 1.29 is 4.74 Å². The Morgan fingerprint density at radius 1 is 1.35 bits per heavy atom. The molecule has 0 aromatic heterocycles. The van der Waals surface area contributed by atoms with E-state index < -0.39 is 0 Å². The lowest BCUT2D eigenvalue weighted by atomic mass is 9.84. The third kappa shape index (κ3) is 3.53. The number of nitrogens with two attached hydrogens (primary N) is 1. The normalized spacial score (nSPS) is 23.8. The Hall–Kier alpha value is -1.06. The predicted octanol–water partition coefficient (Wildman–Crippen LogP) is 3.21. The molecule has 2 N–H and O–H groups in total. The van der Waals surface area contributed by atoms with E-state index in [0.717, 1.165) is 31.9 Å². The second kappa shape index (κ2) is 7.65. The SMILES string of the molecule is CCCOc1cccc(C2C(CN)CCCN2CC)c1. The minimum Gasteiger partial charge on any atom is -0.494 e. The second-order valence-electron chi connectivity index (χ2n) is 5.63. The fraction of sp³-hybridized carbons (Fsp3) is 0.647. The zero-order valence-electron chi connectivity index (χ0n) is 12.8. The molecule has 0 aliphatic carbocycles. The summed E-state index contributed by atoms with van der Waals surface area (Å²) in [6, 6.07) is 9.03. The van der Waals surface area contributed by atoms with Crippen LogP contribution in [0.2, 0.25) is 0 Å². The van der Waals surface area contributed by atoms with E-state index in [9.17, 15) is 0 Å². The third-order valence-electron chi connectivity index (χ3n) is 4.24. The molecule has 1 aromatic carbocycles. The van der Waals surface area contributed by atoms with Crippen molar-refractivity contribution in [3.8, 4) is 5.75 Å². The Labute approximate surface area is 123 Å². The van der Waals surface area contributed by atoms with Gasteiger partial charge in [0, 0.05) is 6.04 Å². The van der Waals surface area contributed by atoms with Gasteiger partial charge < -0.3 is 10.5 Å². The molecule has 1 fully saturated rings. The highest BCUT2D eigenvalue weighted by molar-refractivity contribution is 5.31. The lowest BCUT2D eigenvalue weighted by Crippen LogP contribution is -2.41. The standard InChI is InChI=1S/C17H28N2O/c1-3-11-20-16-9-5-7-14(12-16)17-15(13-18)8-6-10-19(17)4-2/h5,7,9,12,15,17H,3-4,6,8,10-11,13,18H2,1-2H3. The first kappa shape index (κ1) is 15.3. The molecule has 2 rings (SSSR count). The molecular weight excluding hydrogens is 248 g/mol. The van der Waals surface area contributed by atoms with Gasteiger partial charge in [0.15, 0.2) is 0 Å². The van der Waals surface area contributed by atoms with Crippen LogP contribution in [0.4, 0.5) is 0 Å². The monoisotopic (exact) mass is 276 g/mol. The molecule has 1 saturated heterocycles. The molecule has 0 bridgehead atoms. The summed E-state index contributed by atoms with van der Waals surface area (Å²) in [5, 5.41) is 0. The van der Waals surface area contributed by atoms with Crippen LogP contribution in [0.1, 0.15) is 44.7 Å². The van der Waals surface area contributed by atoms with Crippen molar-refractivity contribution in [2.24, 2.45) is 11.7 Å². The summed E-state index contributed by atoms with van der Waals surface area (Å²) in [4.78, 5) is 2.56. The highest BCUT2D eigenvalue weighted by Crippen LogP contribution is 2.36. The van der Waals surface area contributed by atoms with Crippen molar-refractivity contribution in [2.45, 2.75) is 39.2 Å². The van der Waals surface area contributed by atoms with Gasteiger partial charge >= 0.3 is 0 Å². The number of rotatable bonds is 6. The molecule has 0 radical (unpaired) electrons. The first-order chi connectivity index (χ1) is 9.80. The van der Waals surface area contributed by atoms with Gasteiger partial charge in [0.25, 0.3) is 0 Å².